The lowest BCUT2D eigenvalue weighted by molar-refractivity contribution is 0.0951. The maximum atomic E-state index is 12.6. The smallest absolute Gasteiger partial charge is 0.254 e. The highest BCUT2D eigenvalue weighted by atomic mass is 35.5. The predicted octanol–water partition coefficient (Wildman–Crippen LogP) is 6.56. The van der Waals surface area contributed by atoms with E-state index >= 15 is 0 Å². The van der Waals surface area contributed by atoms with Crippen molar-refractivity contribution < 1.29 is 4.79 Å². The van der Waals surface area contributed by atoms with Gasteiger partial charge in [-0.1, -0.05) is 53.5 Å². The summed E-state index contributed by atoms with van der Waals surface area (Å²) in [7, 11) is 0. The molecular weight excluding hydrogens is 525 g/mol. The van der Waals surface area contributed by atoms with Gasteiger partial charge in [0.05, 0.1) is 33.9 Å². The minimum absolute atomic E-state index is 0.231. The number of amides is 1. The largest absolute Gasteiger partial charge is 0.348 e. The Balaban J connectivity index is 1.30. The van der Waals surface area contributed by atoms with Gasteiger partial charge >= 0.3 is 0 Å². The third-order valence-electron chi connectivity index (χ3n) is 6.56. The van der Waals surface area contributed by atoms with Gasteiger partial charge in [-0.2, -0.15) is 0 Å². The van der Waals surface area contributed by atoms with Crippen molar-refractivity contribution in [3.05, 3.63) is 109 Å². The molecule has 0 aliphatic heterocycles. The van der Waals surface area contributed by atoms with Crippen LogP contribution in [0, 0.1) is 6.92 Å². The van der Waals surface area contributed by atoms with Crippen LogP contribution < -0.4 is 5.32 Å². The van der Waals surface area contributed by atoms with Crippen LogP contribution in [-0.2, 0) is 26.1 Å². The Hall–Kier alpha value is -2.84. The number of carbonyl (C=O) groups is 1. The molecule has 1 aliphatic rings. The van der Waals surface area contributed by atoms with E-state index in [1.807, 2.05) is 30.6 Å². The standard InChI is InChI=1S/C28H27Cl2N5OS/c1-18-12-33-25(37-18)17-35(24-6-2-4-21-5-3-11-32-27(21)24)16-20-9-7-19(8-10-20)13-34-28(36)26-22(29)14-31-15-23(26)30/h3,5,7-12,14-15,24H,2,4,6,13,16-17H2,1H3,(H,34,36). The number of hydrogen-bond acceptors (Lipinski definition) is 6. The second kappa shape index (κ2) is 11.7. The molecule has 1 aromatic carbocycles. The van der Waals surface area contributed by atoms with E-state index in [0.29, 0.717) is 6.54 Å². The number of benzene rings is 1. The molecule has 0 radical (unpaired) electrons. The molecule has 0 spiro atoms. The number of pyridine rings is 2. The number of hydrogen-bond donors (Lipinski definition) is 1. The third kappa shape index (κ3) is 6.18. The van der Waals surface area contributed by atoms with E-state index in [9.17, 15) is 4.79 Å². The van der Waals surface area contributed by atoms with Crippen LogP contribution in [0.1, 0.15) is 61.5 Å². The first kappa shape index (κ1) is 25.8. The van der Waals surface area contributed by atoms with Gasteiger partial charge in [0.1, 0.15) is 5.01 Å². The van der Waals surface area contributed by atoms with Crippen molar-refractivity contribution in [2.24, 2.45) is 0 Å². The van der Waals surface area contributed by atoms with Gasteiger partial charge in [0.2, 0.25) is 0 Å². The molecule has 0 fully saturated rings. The number of thiazole rings is 1. The summed E-state index contributed by atoms with van der Waals surface area (Å²) in [6, 6.07) is 12.8. The summed E-state index contributed by atoms with van der Waals surface area (Å²) in [5.41, 5.74) is 4.97. The fraction of sp³-hybridized carbons (Fsp3) is 0.286. The molecule has 5 rings (SSSR count). The fourth-order valence-corrected chi connectivity index (χ4v) is 6.11. The van der Waals surface area contributed by atoms with Crippen LogP contribution in [0.4, 0.5) is 0 Å². The summed E-state index contributed by atoms with van der Waals surface area (Å²) in [5.74, 6) is -0.324. The van der Waals surface area contributed by atoms with Crippen molar-refractivity contribution in [1.82, 2.24) is 25.2 Å². The molecular formula is C28H27Cl2N5OS. The van der Waals surface area contributed by atoms with E-state index in [2.05, 4.69) is 45.3 Å². The molecule has 1 N–H and O–H groups in total. The Kier molecular flexibility index (Phi) is 8.15. The van der Waals surface area contributed by atoms with Crippen LogP contribution in [0.25, 0.3) is 0 Å². The van der Waals surface area contributed by atoms with E-state index in [1.54, 1.807) is 11.3 Å². The summed E-state index contributed by atoms with van der Waals surface area (Å²) in [4.78, 5) is 29.6. The highest BCUT2D eigenvalue weighted by Gasteiger charge is 2.28. The first-order valence-electron chi connectivity index (χ1n) is 12.2. The van der Waals surface area contributed by atoms with Gasteiger partial charge in [0.25, 0.3) is 5.91 Å². The number of aromatic nitrogens is 3. The van der Waals surface area contributed by atoms with Crippen molar-refractivity contribution in [3.8, 4) is 0 Å². The maximum Gasteiger partial charge on any atom is 0.254 e. The van der Waals surface area contributed by atoms with Crippen molar-refractivity contribution in [2.75, 3.05) is 0 Å². The summed E-state index contributed by atoms with van der Waals surface area (Å²) < 4.78 is 0. The molecule has 0 saturated heterocycles. The maximum absolute atomic E-state index is 12.6. The molecule has 0 saturated carbocycles. The Bertz CT molecular complexity index is 1370. The van der Waals surface area contributed by atoms with Crippen LogP contribution in [0.15, 0.2) is 61.2 Å². The van der Waals surface area contributed by atoms with E-state index in [4.69, 9.17) is 28.2 Å². The Morgan fingerprint density at radius 2 is 1.81 bits per heavy atom. The highest BCUT2D eigenvalue weighted by molar-refractivity contribution is 7.11. The second-order valence-corrected chi connectivity index (χ2v) is 11.3. The SMILES string of the molecule is Cc1cnc(CN(Cc2ccc(CNC(=O)c3c(Cl)cncc3Cl)cc2)C2CCCc3cccnc32)s1. The molecule has 37 heavy (non-hydrogen) atoms. The van der Waals surface area contributed by atoms with Crippen LogP contribution in [0.2, 0.25) is 10.0 Å². The monoisotopic (exact) mass is 551 g/mol. The first-order valence-corrected chi connectivity index (χ1v) is 13.8. The molecule has 3 aromatic heterocycles. The number of nitrogens with one attached hydrogen (secondary N) is 1. The minimum atomic E-state index is -0.324. The summed E-state index contributed by atoms with van der Waals surface area (Å²) in [6.07, 6.45) is 9.99. The Labute approximate surface area is 230 Å². The fourth-order valence-electron chi connectivity index (χ4n) is 4.76. The van der Waals surface area contributed by atoms with Gasteiger partial charge in [-0.15, -0.1) is 11.3 Å². The van der Waals surface area contributed by atoms with Gasteiger partial charge in [0.15, 0.2) is 0 Å². The molecule has 190 valence electrons. The van der Waals surface area contributed by atoms with E-state index in [1.165, 1.54) is 34.1 Å². The van der Waals surface area contributed by atoms with Crippen LogP contribution in [0.5, 0.6) is 0 Å². The Morgan fingerprint density at radius 1 is 1.05 bits per heavy atom. The number of halogens is 2. The van der Waals surface area contributed by atoms with Crippen molar-refractivity contribution >= 4 is 40.4 Å². The zero-order valence-electron chi connectivity index (χ0n) is 20.5. The van der Waals surface area contributed by atoms with Crippen molar-refractivity contribution in [3.63, 3.8) is 0 Å². The number of fused-ring (bicyclic) bond motifs is 1. The molecule has 1 amide bonds. The van der Waals surface area contributed by atoms with E-state index < -0.39 is 0 Å². The van der Waals surface area contributed by atoms with Crippen LogP contribution in [-0.4, -0.2) is 25.8 Å². The minimum Gasteiger partial charge on any atom is -0.348 e. The number of rotatable bonds is 8. The van der Waals surface area contributed by atoms with Crippen LogP contribution in [0.3, 0.4) is 0 Å². The first-order chi connectivity index (χ1) is 18.0. The molecule has 1 aliphatic carbocycles. The van der Waals surface area contributed by atoms with Gasteiger partial charge in [-0.05, 0) is 48.9 Å². The van der Waals surface area contributed by atoms with Crippen molar-refractivity contribution in [1.29, 1.82) is 0 Å². The molecule has 1 atom stereocenters. The molecule has 1 unspecified atom stereocenters. The number of carbonyl (C=O) groups excluding carboxylic acids is 1. The second-order valence-electron chi connectivity index (χ2n) is 9.20. The third-order valence-corrected chi connectivity index (χ3v) is 8.03. The summed E-state index contributed by atoms with van der Waals surface area (Å²) in [5, 5.41) is 4.47. The topological polar surface area (TPSA) is 71.0 Å². The lowest BCUT2D eigenvalue weighted by atomic mass is 9.90. The van der Waals surface area contributed by atoms with Crippen molar-refractivity contribution in [2.45, 2.75) is 51.9 Å². The Morgan fingerprint density at radius 3 is 2.54 bits per heavy atom. The average Bonchev–Trinajstić information content (AvgIpc) is 3.32. The van der Waals surface area contributed by atoms with Crippen LogP contribution >= 0.6 is 34.5 Å². The summed E-state index contributed by atoms with van der Waals surface area (Å²) in [6.45, 7) is 4.03. The van der Waals surface area contributed by atoms with Gasteiger partial charge in [-0.3, -0.25) is 19.7 Å². The van der Waals surface area contributed by atoms with E-state index in [0.717, 1.165) is 42.9 Å². The molecule has 3 heterocycles. The zero-order chi connectivity index (χ0) is 25.8. The molecule has 4 aromatic rings. The number of nitrogens with zero attached hydrogens (tertiary/aromatic N) is 4. The molecule has 0 bridgehead atoms. The van der Waals surface area contributed by atoms with Gasteiger partial charge < -0.3 is 5.32 Å². The lowest BCUT2D eigenvalue weighted by Gasteiger charge is -2.34. The predicted molar refractivity (Wildman–Crippen MR) is 148 cm³/mol. The average molecular weight is 553 g/mol. The zero-order valence-corrected chi connectivity index (χ0v) is 22.8. The van der Waals surface area contributed by atoms with Gasteiger partial charge in [-0.25, -0.2) is 4.98 Å². The normalized spacial score (nSPS) is 15.0. The van der Waals surface area contributed by atoms with Gasteiger partial charge in [0, 0.05) is 42.8 Å². The summed E-state index contributed by atoms with van der Waals surface area (Å²) >= 11 is 14.0. The number of aryl methyl sites for hydroxylation is 2. The molecule has 9 heteroatoms. The highest BCUT2D eigenvalue weighted by Crippen LogP contribution is 2.35. The quantitative estimate of drug-likeness (QED) is 0.268. The lowest BCUT2D eigenvalue weighted by Crippen LogP contribution is -2.31. The molecule has 6 nitrogen and oxygen atoms in total. The van der Waals surface area contributed by atoms with E-state index in [-0.39, 0.29) is 27.6 Å².